The third-order valence-electron chi connectivity index (χ3n) is 5.76. The Hall–Kier alpha value is -3.31. The van der Waals surface area contributed by atoms with Crippen LogP contribution in [-0.4, -0.2) is 30.3 Å². The van der Waals surface area contributed by atoms with Gasteiger partial charge in [-0.15, -0.1) is 0 Å². The van der Waals surface area contributed by atoms with Crippen LogP contribution >= 0.6 is 0 Å². The number of anilines is 2. The molecule has 4 rings (SSSR count). The van der Waals surface area contributed by atoms with Gasteiger partial charge in [0, 0.05) is 30.8 Å². The van der Waals surface area contributed by atoms with Crippen molar-refractivity contribution in [2.24, 2.45) is 0 Å². The molecule has 0 saturated heterocycles. The lowest BCUT2D eigenvalue weighted by molar-refractivity contribution is -0.149. The maximum atomic E-state index is 11.3. The number of carboxylic acid groups (broad SMARTS) is 1. The number of rotatable bonds is 9. The van der Waals surface area contributed by atoms with Crippen molar-refractivity contribution in [3.05, 3.63) is 89.5 Å². The standard InChI is InChI=1S/C27H29NO4/c1-2-31-26(27(29)30)18-21-15-13-20(14-16-21)8-7-17-28-23-10-4-3-9-22(23)19-32-25-12-6-5-11-24(25)28/h3-6,9-16,26H,2,7-8,17-19H2,1H3,(H,29,30). The van der Waals surface area contributed by atoms with Gasteiger partial charge in [-0.1, -0.05) is 54.6 Å². The fourth-order valence-corrected chi connectivity index (χ4v) is 4.14. The molecule has 3 aromatic rings. The Balaban J connectivity index is 1.42. The number of ether oxygens (including phenoxy) is 2. The molecule has 0 aromatic heterocycles. The molecule has 5 nitrogen and oxygen atoms in total. The first kappa shape index (κ1) is 21.9. The largest absolute Gasteiger partial charge is 0.487 e. The van der Waals surface area contributed by atoms with Crippen LogP contribution in [0.5, 0.6) is 5.75 Å². The van der Waals surface area contributed by atoms with Crippen LogP contribution < -0.4 is 9.64 Å². The minimum Gasteiger partial charge on any atom is -0.487 e. The highest BCUT2D eigenvalue weighted by Gasteiger charge is 2.21. The molecule has 1 N–H and O–H groups in total. The van der Waals surface area contributed by atoms with E-state index >= 15 is 0 Å². The van der Waals surface area contributed by atoms with Crippen LogP contribution in [0.3, 0.4) is 0 Å². The molecule has 1 aliphatic rings. The highest BCUT2D eigenvalue weighted by molar-refractivity contribution is 5.73. The monoisotopic (exact) mass is 431 g/mol. The summed E-state index contributed by atoms with van der Waals surface area (Å²) in [6, 6.07) is 24.8. The molecule has 0 aliphatic carbocycles. The van der Waals surface area contributed by atoms with E-state index in [1.807, 2.05) is 31.2 Å². The average molecular weight is 432 g/mol. The van der Waals surface area contributed by atoms with Crippen LogP contribution in [0.15, 0.2) is 72.8 Å². The molecule has 1 atom stereocenters. The van der Waals surface area contributed by atoms with Crippen molar-refractivity contribution in [3.8, 4) is 5.75 Å². The predicted octanol–water partition coefficient (Wildman–Crippen LogP) is 5.38. The normalized spacial score (nSPS) is 13.5. The van der Waals surface area contributed by atoms with Gasteiger partial charge in [0.15, 0.2) is 6.10 Å². The van der Waals surface area contributed by atoms with Crippen molar-refractivity contribution >= 4 is 17.3 Å². The molecular formula is C27H29NO4. The van der Waals surface area contributed by atoms with E-state index in [4.69, 9.17) is 9.47 Å². The second-order valence-corrected chi connectivity index (χ2v) is 7.94. The lowest BCUT2D eigenvalue weighted by atomic mass is 10.0. The maximum absolute atomic E-state index is 11.3. The lowest BCUT2D eigenvalue weighted by Crippen LogP contribution is -2.26. The minimum atomic E-state index is -0.919. The number of benzene rings is 3. The van der Waals surface area contributed by atoms with Crippen molar-refractivity contribution in [3.63, 3.8) is 0 Å². The topological polar surface area (TPSA) is 59.0 Å². The SMILES string of the molecule is CCOC(Cc1ccc(CCCN2c3ccccc3COc3ccccc32)cc1)C(=O)O. The van der Waals surface area contributed by atoms with E-state index < -0.39 is 12.1 Å². The van der Waals surface area contributed by atoms with E-state index in [9.17, 15) is 9.90 Å². The number of fused-ring (bicyclic) bond motifs is 2. The summed E-state index contributed by atoms with van der Waals surface area (Å²) in [5, 5.41) is 9.28. The molecule has 1 aliphatic heterocycles. The van der Waals surface area contributed by atoms with E-state index in [1.165, 1.54) is 16.8 Å². The average Bonchev–Trinajstić information content (AvgIpc) is 2.97. The smallest absolute Gasteiger partial charge is 0.333 e. The first-order valence-corrected chi connectivity index (χ1v) is 11.1. The van der Waals surface area contributed by atoms with Crippen LogP contribution in [-0.2, 0) is 29.0 Å². The fraction of sp³-hybridized carbons (Fsp3) is 0.296. The Labute approximate surface area is 189 Å². The molecule has 0 spiro atoms. The molecule has 1 unspecified atom stereocenters. The van der Waals surface area contributed by atoms with Gasteiger partial charge < -0.3 is 19.5 Å². The van der Waals surface area contributed by atoms with E-state index in [1.54, 1.807) is 0 Å². The number of carboxylic acids is 1. The summed E-state index contributed by atoms with van der Waals surface area (Å²) in [6.07, 6.45) is 1.51. The Bertz CT molecular complexity index is 1000. The Kier molecular flexibility index (Phi) is 7.07. The summed E-state index contributed by atoms with van der Waals surface area (Å²) in [5.41, 5.74) is 5.70. The Morgan fingerprint density at radius 2 is 1.69 bits per heavy atom. The molecule has 166 valence electrons. The molecule has 0 amide bonds. The van der Waals surface area contributed by atoms with E-state index in [0.29, 0.717) is 19.6 Å². The number of carbonyl (C=O) groups is 1. The van der Waals surface area contributed by atoms with E-state index in [0.717, 1.165) is 36.4 Å². The highest BCUT2D eigenvalue weighted by Crippen LogP contribution is 2.39. The number of nitrogens with zero attached hydrogens (tertiary/aromatic N) is 1. The summed E-state index contributed by atoms with van der Waals surface area (Å²) in [7, 11) is 0. The second kappa shape index (κ2) is 10.3. The molecule has 5 heteroatoms. The second-order valence-electron chi connectivity index (χ2n) is 7.94. The zero-order valence-corrected chi connectivity index (χ0v) is 18.4. The quantitative estimate of drug-likeness (QED) is 0.493. The third kappa shape index (κ3) is 5.11. The number of hydrogen-bond donors (Lipinski definition) is 1. The van der Waals surface area contributed by atoms with Crippen molar-refractivity contribution < 1.29 is 19.4 Å². The van der Waals surface area contributed by atoms with Crippen LogP contribution in [0.25, 0.3) is 0 Å². The van der Waals surface area contributed by atoms with Crippen molar-refractivity contribution in [2.75, 3.05) is 18.1 Å². The number of hydrogen-bond acceptors (Lipinski definition) is 4. The number of aryl methyl sites for hydroxylation is 1. The highest BCUT2D eigenvalue weighted by atomic mass is 16.5. The van der Waals surface area contributed by atoms with Gasteiger partial charge in [-0.2, -0.15) is 0 Å². The zero-order chi connectivity index (χ0) is 22.3. The maximum Gasteiger partial charge on any atom is 0.333 e. The Morgan fingerprint density at radius 1 is 1.00 bits per heavy atom. The predicted molar refractivity (Wildman–Crippen MR) is 126 cm³/mol. The van der Waals surface area contributed by atoms with Crippen LogP contribution in [0.1, 0.15) is 30.0 Å². The van der Waals surface area contributed by atoms with Gasteiger partial charge in [0.25, 0.3) is 0 Å². The van der Waals surface area contributed by atoms with Gasteiger partial charge in [0.1, 0.15) is 12.4 Å². The van der Waals surface area contributed by atoms with Crippen LogP contribution in [0.2, 0.25) is 0 Å². The van der Waals surface area contributed by atoms with Crippen molar-refractivity contribution in [1.29, 1.82) is 0 Å². The number of para-hydroxylation sites is 3. The molecule has 0 fully saturated rings. The summed E-state index contributed by atoms with van der Waals surface area (Å²) in [4.78, 5) is 13.7. The summed E-state index contributed by atoms with van der Waals surface area (Å²) in [5.74, 6) is -0.00625. The van der Waals surface area contributed by atoms with E-state index in [-0.39, 0.29) is 0 Å². The van der Waals surface area contributed by atoms with Gasteiger partial charge in [-0.05, 0) is 49.1 Å². The molecule has 0 bridgehead atoms. The van der Waals surface area contributed by atoms with Crippen molar-refractivity contribution in [2.45, 2.75) is 38.9 Å². The summed E-state index contributed by atoms with van der Waals surface area (Å²) < 4.78 is 11.4. The van der Waals surface area contributed by atoms with E-state index in [2.05, 4.69) is 53.4 Å². The van der Waals surface area contributed by atoms with Gasteiger partial charge in [0.05, 0.1) is 5.69 Å². The molecule has 3 aromatic carbocycles. The number of aliphatic carboxylic acids is 1. The summed E-state index contributed by atoms with van der Waals surface area (Å²) in [6.45, 7) is 3.66. The molecule has 0 radical (unpaired) electrons. The molecular weight excluding hydrogens is 402 g/mol. The minimum absolute atomic E-state index is 0.380. The van der Waals surface area contributed by atoms with Gasteiger partial charge >= 0.3 is 5.97 Å². The molecule has 0 saturated carbocycles. The van der Waals surface area contributed by atoms with Gasteiger partial charge in [-0.3, -0.25) is 0 Å². The first-order valence-electron chi connectivity index (χ1n) is 11.1. The van der Waals surface area contributed by atoms with Gasteiger partial charge in [-0.25, -0.2) is 4.79 Å². The Morgan fingerprint density at radius 3 is 2.44 bits per heavy atom. The zero-order valence-electron chi connectivity index (χ0n) is 18.4. The first-order chi connectivity index (χ1) is 15.7. The third-order valence-corrected chi connectivity index (χ3v) is 5.76. The van der Waals surface area contributed by atoms with Gasteiger partial charge in [0.2, 0.25) is 0 Å². The fourth-order valence-electron chi connectivity index (χ4n) is 4.14. The lowest BCUT2D eigenvalue weighted by Gasteiger charge is -2.25. The molecule has 1 heterocycles. The van der Waals surface area contributed by atoms with Crippen molar-refractivity contribution in [1.82, 2.24) is 0 Å². The van der Waals surface area contributed by atoms with Crippen LogP contribution in [0, 0.1) is 0 Å². The summed E-state index contributed by atoms with van der Waals surface area (Å²) >= 11 is 0. The van der Waals surface area contributed by atoms with Crippen LogP contribution in [0.4, 0.5) is 11.4 Å². The molecule has 32 heavy (non-hydrogen) atoms.